The van der Waals surface area contributed by atoms with Crippen LogP contribution in [0.2, 0.25) is 0 Å². The Morgan fingerprint density at radius 1 is 0.806 bits per heavy atom. The molecule has 3 aromatic carbocycles. The Kier molecular flexibility index (Phi) is 4.22. The van der Waals surface area contributed by atoms with Crippen molar-refractivity contribution in [2.45, 2.75) is 13.1 Å². The van der Waals surface area contributed by atoms with Crippen LogP contribution in [0.25, 0.3) is 44.9 Å². The van der Waals surface area contributed by atoms with E-state index < -0.39 is 11.7 Å². The minimum Gasteiger partial charge on any atom is -0.353 e. The standard InChI is InChI=1S/C30H18F3N3/c1-16-11-20-17-5-2-6-18(13-17)24-7-3-9-26(34-24)27-10-4-8-25(35-27)23-15-19(30(31,32)33)14-22-21(12-16)28(20)36-29(22)23/h2-15,35H,1H3. The van der Waals surface area contributed by atoms with E-state index >= 15 is 0 Å². The number of benzene rings is 3. The Morgan fingerprint density at radius 2 is 1.58 bits per heavy atom. The van der Waals surface area contributed by atoms with Crippen LogP contribution in [-0.2, 0) is 6.18 Å². The number of halogens is 3. The van der Waals surface area contributed by atoms with Crippen LogP contribution in [0.3, 0.4) is 0 Å². The van der Waals surface area contributed by atoms with Crippen LogP contribution in [0.5, 0.6) is 0 Å². The molecule has 0 radical (unpaired) electrons. The molecule has 1 aromatic heterocycles. The first-order chi connectivity index (χ1) is 17.3. The summed E-state index contributed by atoms with van der Waals surface area (Å²) in [5.41, 5.74) is 7.68. The molecular formula is C30H18F3N3. The molecule has 0 saturated heterocycles. The van der Waals surface area contributed by atoms with Crippen molar-refractivity contribution in [1.82, 2.24) is 10.3 Å². The third-order valence-electron chi connectivity index (χ3n) is 6.78. The third-order valence-corrected chi connectivity index (χ3v) is 6.78. The number of allylic oxidation sites excluding steroid dienone is 2. The number of nitrogens with one attached hydrogen (secondary N) is 1. The van der Waals surface area contributed by atoms with Crippen LogP contribution in [0, 0.1) is 6.92 Å². The van der Waals surface area contributed by atoms with Gasteiger partial charge < -0.3 is 5.32 Å². The summed E-state index contributed by atoms with van der Waals surface area (Å²) in [5.74, 6) is 0. The second-order valence-electron chi connectivity index (χ2n) is 9.21. The van der Waals surface area contributed by atoms with Gasteiger partial charge in [0.1, 0.15) is 0 Å². The lowest BCUT2D eigenvalue weighted by Crippen LogP contribution is -2.33. The number of dihydropyridines is 1. The molecule has 7 rings (SSSR count). The highest BCUT2D eigenvalue weighted by molar-refractivity contribution is 5.93. The Balaban J connectivity index is 1.66. The van der Waals surface area contributed by atoms with Crippen LogP contribution in [0.15, 0.2) is 90.0 Å². The summed E-state index contributed by atoms with van der Waals surface area (Å²) in [5, 5.41) is 4.27. The number of nitrogens with zero attached hydrogens (tertiary/aromatic N) is 2. The molecule has 0 spiro atoms. The first kappa shape index (κ1) is 20.9. The number of aryl methyl sites for hydroxylation is 1. The van der Waals surface area contributed by atoms with Crippen molar-refractivity contribution < 1.29 is 13.2 Å². The molecule has 3 nitrogen and oxygen atoms in total. The van der Waals surface area contributed by atoms with Gasteiger partial charge in [0, 0.05) is 33.2 Å². The predicted molar refractivity (Wildman–Crippen MR) is 134 cm³/mol. The van der Waals surface area contributed by atoms with Crippen molar-refractivity contribution in [3.8, 4) is 33.5 Å². The average molecular weight is 477 g/mol. The number of fused-ring (bicyclic) bond motifs is 10. The van der Waals surface area contributed by atoms with E-state index in [0.717, 1.165) is 27.9 Å². The molecule has 4 aromatic rings. The summed E-state index contributed by atoms with van der Waals surface area (Å²) in [4.78, 5) is 9.83. The summed E-state index contributed by atoms with van der Waals surface area (Å²) in [6.45, 7) is 1.95. The summed E-state index contributed by atoms with van der Waals surface area (Å²) in [7, 11) is 0. The number of rotatable bonds is 0. The summed E-state index contributed by atoms with van der Waals surface area (Å²) >= 11 is 0. The average Bonchev–Trinajstić information content (AvgIpc) is 3.25. The van der Waals surface area contributed by atoms with E-state index in [9.17, 15) is 13.2 Å². The van der Waals surface area contributed by atoms with Gasteiger partial charge >= 0.3 is 6.18 Å². The molecular weight excluding hydrogens is 459 g/mol. The van der Waals surface area contributed by atoms with E-state index in [0.29, 0.717) is 44.5 Å². The fourth-order valence-electron chi connectivity index (χ4n) is 5.13. The van der Waals surface area contributed by atoms with E-state index in [-0.39, 0.29) is 0 Å². The first-order valence-electron chi connectivity index (χ1n) is 11.6. The van der Waals surface area contributed by atoms with Gasteiger partial charge in [-0.3, -0.25) is 0 Å². The lowest BCUT2D eigenvalue weighted by Gasteiger charge is -2.17. The SMILES string of the molecule is Cc1cc2c3c(c1)-c1cc(C(F)(F)F)cc(c1=N3)=C1C=CC=C(N1)c1cccc(n1)-c1cccc-2c1. The van der Waals surface area contributed by atoms with Gasteiger partial charge in [-0.15, -0.1) is 0 Å². The molecule has 0 aliphatic carbocycles. The van der Waals surface area contributed by atoms with Gasteiger partial charge in [0.25, 0.3) is 0 Å². The largest absolute Gasteiger partial charge is 0.416 e. The summed E-state index contributed by atoms with van der Waals surface area (Å²) in [6.07, 6.45) is 0.984. The Hall–Kier alpha value is -4.45. The zero-order valence-corrected chi connectivity index (χ0v) is 19.1. The van der Waals surface area contributed by atoms with Crippen LogP contribution in [0.4, 0.5) is 18.9 Å². The lowest BCUT2D eigenvalue weighted by atomic mass is 9.93. The van der Waals surface area contributed by atoms with E-state index in [1.807, 2.05) is 67.6 Å². The molecule has 1 N–H and O–H groups in total. The number of alkyl halides is 3. The van der Waals surface area contributed by atoms with E-state index in [4.69, 9.17) is 9.98 Å². The molecule has 0 fully saturated rings. The quantitative estimate of drug-likeness (QED) is 0.284. The van der Waals surface area contributed by atoms with Gasteiger partial charge in [-0.05, 0) is 72.7 Å². The van der Waals surface area contributed by atoms with Crippen LogP contribution in [0.1, 0.15) is 16.8 Å². The van der Waals surface area contributed by atoms with Crippen molar-refractivity contribution in [1.29, 1.82) is 0 Å². The number of hydrogen-bond donors (Lipinski definition) is 1. The summed E-state index contributed by atoms with van der Waals surface area (Å²) in [6, 6.07) is 20.2. The van der Waals surface area contributed by atoms with Crippen LogP contribution < -0.4 is 15.9 Å². The second-order valence-corrected chi connectivity index (χ2v) is 9.21. The van der Waals surface area contributed by atoms with Crippen LogP contribution >= 0.6 is 0 Å². The van der Waals surface area contributed by atoms with Crippen LogP contribution in [-0.4, -0.2) is 4.98 Å². The number of hydrogen-bond acceptors (Lipinski definition) is 3. The highest BCUT2D eigenvalue weighted by Crippen LogP contribution is 2.43. The van der Waals surface area contributed by atoms with E-state index in [1.165, 1.54) is 12.1 Å². The highest BCUT2D eigenvalue weighted by atomic mass is 19.4. The van der Waals surface area contributed by atoms with Crippen molar-refractivity contribution >= 4 is 17.1 Å². The fraction of sp³-hybridized carbons (Fsp3) is 0.0667. The molecule has 0 unspecified atom stereocenters. The number of aromatic nitrogens is 1. The van der Waals surface area contributed by atoms with Crippen molar-refractivity contribution in [3.05, 3.63) is 112 Å². The normalized spacial score (nSPS) is 14.6. The fourth-order valence-corrected chi connectivity index (χ4v) is 5.13. The lowest BCUT2D eigenvalue weighted by molar-refractivity contribution is -0.137. The topological polar surface area (TPSA) is 37.3 Å². The van der Waals surface area contributed by atoms with Gasteiger partial charge in [-0.1, -0.05) is 30.3 Å². The van der Waals surface area contributed by atoms with Gasteiger partial charge in [-0.25, -0.2) is 9.98 Å². The van der Waals surface area contributed by atoms with Gasteiger partial charge in [-0.2, -0.15) is 13.2 Å². The van der Waals surface area contributed by atoms with Crippen molar-refractivity contribution in [2.24, 2.45) is 4.99 Å². The molecule has 8 bridgehead atoms. The molecule has 0 atom stereocenters. The van der Waals surface area contributed by atoms with Gasteiger partial charge in [0.15, 0.2) is 0 Å². The van der Waals surface area contributed by atoms with E-state index in [2.05, 4.69) is 11.4 Å². The Morgan fingerprint density at radius 3 is 2.44 bits per heavy atom. The smallest absolute Gasteiger partial charge is 0.353 e. The molecule has 6 heteroatoms. The minimum atomic E-state index is -4.50. The molecule has 0 saturated carbocycles. The maximum absolute atomic E-state index is 14.1. The number of pyridine rings is 1. The highest BCUT2D eigenvalue weighted by Gasteiger charge is 2.33. The first-order valence-corrected chi connectivity index (χ1v) is 11.6. The maximum atomic E-state index is 14.1. The van der Waals surface area contributed by atoms with Crippen molar-refractivity contribution in [3.63, 3.8) is 0 Å². The summed E-state index contributed by atoms with van der Waals surface area (Å²) < 4.78 is 42.2. The maximum Gasteiger partial charge on any atom is 0.416 e. The molecule has 4 heterocycles. The monoisotopic (exact) mass is 477 g/mol. The molecule has 36 heavy (non-hydrogen) atoms. The molecule has 174 valence electrons. The predicted octanol–water partition coefficient (Wildman–Crippen LogP) is 6.30. The Bertz CT molecular complexity index is 1810. The molecule has 3 aliphatic rings. The minimum absolute atomic E-state index is 0.406. The zero-order valence-electron chi connectivity index (χ0n) is 19.1. The zero-order chi connectivity index (χ0) is 24.6. The third kappa shape index (κ3) is 3.14. The molecule has 3 aliphatic heterocycles. The van der Waals surface area contributed by atoms with Gasteiger partial charge in [0.2, 0.25) is 0 Å². The van der Waals surface area contributed by atoms with Gasteiger partial charge in [0.05, 0.1) is 33.7 Å². The Labute approximate surface area is 204 Å². The van der Waals surface area contributed by atoms with E-state index in [1.54, 1.807) is 6.08 Å². The molecule has 0 amide bonds. The second kappa shape index (κ2) is 7.28. The van der Waals surface area contributed by atoms with Crippen molar-refractivity contribution in [2.75, 3.05) is 0 Å².